The summed E-state index contributed by atoms with van der Waals surface area (Å²) in [5, 5.41) is 22.8. The van der Waals surface area contributed by atoms with Crippen LogP contribution in [0.4, 0.5) is 11.5 Å². The highest BCUT2D eigenvalue weighted by molar-refractivity contribution is 5.78. The standard InChI is InChI=1S/C26H30N4O6/c1-15-22(31)23(32)26(36-15)30-13-18(16-8-6-5-7-9-16)19-12-29(14-27-25(19)30)28-17-10-20(33-2)24(35-4)21(11-17)34-3/h5-11,13-15,22-23,26,28,31-32H,12H2,1-4H3/t15-,22-,23-,26-/m1/s1. The van der Waals surface area contributed by atoms with E-state index in [1.54, 1.807) is 34.6 Å². The third kappa shape index (κ3) is 4.13. The largest absolute Gasteiger partial charge is 0.493 e. The molecule has 2 aliphatic heterocycles. The summed E-state index contributed by atoms with van der Waals surface area (Å²) >= 11 is 0. The molecule has 1 fully saturated rings. The van der Waals surface area contributed by atoms with Gasteiger partial charge in [-0.3, -0.25) is 10.4 Å². The van der Waals surface area contributed by atoms with Crippen molar-refractivity contribution in [1.82, 2.24) is 9.58 Å². The van der Waals surface area contributed by atoms with Crippen LogP contribution in [0.15, 0.2) is 53.7 Å². The van der Waals surface area contributed by atoms with Gasteiger partial charge in [-0.1, -0.05) is 30.3 Å². The van der Waals surface area contributed by atoms with Gasteiger partial charge in [0.15, 0.2) is 17.7 Å². The van der Waals surface area contributed by atoms with Crippen LogP contribution in [0.2, 0.25) is 0 Å². The quantitative estimate of drug-likeness (QED) is 0.459. The number of rotatable bonds is 7. The molecule has 10 nitrogen and oxygen atoms in total. The Hall–Kier alpha value is -3.73. The Morgan fingerprint density at radius 1 is 1.00 bits per heavy atom. The van der Waals surface area contributed by atoms with Crippen molar-refractivity contribution in [3.8, 4) is 28.4 Å². The van der Waals surface area contributed by atoms with Gasteiger partial charge in [-0.15, -0.1) is 0 Å². The van der Waals surface area contributed by atoms with Crippen LogP contribution in [0.3, 0.4) is 0 Å². The van der Waals surface area contributed by atoms with E-state index in [2.05, 4.69) is 5.43 Å². The first-order valence-corrected chi connectivity index (χ1v) is 11.6. The predicted octanol–water partition coefficient (Wildman–Crippen LogP) is 3.32. The molecule has 3 heterocycles. The molecule has 0 amide bonds. The van der Waals surface area contributed by atoms with Crippen molar-refractivity contribution in [1.29, 1.82) is 0 Å². The zero-order chi connectivity index (χ0) is 25.4. The summed E-state index contributed by atoms with van der Waals surface area (Å²) in [6.07, 6.45) is 0.336. The number of aromatic nitrogens is 1. The summed E-state index contributed by atoms with van der Waals surface area (Å²) in [7, 11) is 4.70. The Balaban J connectivity index is 1.50. The van der Waals surface area contributed by atoms with Gasteiger partial charge in [0.05, 0.1) is 39.7 Å². The number of aliphatic hydroxyl groups excluding tert-OH is 2. The average Bonchev–Trinajstić information content (AvgIpc) is 3.40. The summed E-state index contributed by atoms with van der Waals surface area (Å²) < 4.78 is 24.1. The summed E-state index contributed by atoms with van der Waals surface area (Å²) in [6.45, 7) is 2.22. The summed E-state index contributed by atoms with van der Waals surface area (Å²) in [6, 6.07) is 13.6. The average molecular weight is 495 g/mol. The number of benzene rings is 2. The van der Waals surface area contributed by atoms with Crippen LogP contribution in [-0.4, -0.2) is 65.8 Å². The van der Waals surface area contributed by atoms with Crippen LogP contribution in [-0.2, 0) is 11.3 Å². The van der Waals surface area contributed by atoms with Crippen LogP contribution in [0.25, 0.3) is 11.1 Å². The van der Waals surface area contributed by atoms with E-state index in [4.69, 9.17) is 23.9 Å². The van der Waals surface area contributed by atoms with Crippen LogP contribution >= 0.6 is 0 Å². The van der Waals surface area contributed by atoms with Crippen LogP contribution in [0.5, 0.6) is 17.2 Å². The van der Waals surface area contributed by atoms with E-state index in [9.17, 15) is 10.2 Å². The van der Waals surface area contributed by atoms with Gasteiger partial charge in [-0.2, -0.15) is 0 Å². The fourth-order valence-corrected chi connectivity index (χ4v) is 4.69. The highest BCUT2D eigenvalue weighted by atomic mass is 16.6. The van der Waals surface area contributed by atoms with Gasteiger partial charge in [-0.25, -0.2) is 4.99 Å². The lowest BCUT2D eigenvalue weighted by atomic mass is 10.0. The first kappa shape index (κ1) is 24.0. The number of nitrogens with one attached hydrogen (secondary N) is 1. The van der Waals surface area contributed by atoms with E-state index in [1.165, 1.54) is 0 Å². The van der Waals surface area contributed by atoms with Gasteiger partial charge >= 0.3 is 0 Å². The molecule has 2 aliphatic rings. The summed E-state index contributed by atoms with van der Waals surface area (Å²) in [5.41, 5.74) is 7.00. The number of hydrogen-bond donors (Lipinski definition) is 3. The molecule has 0 radical (unpaired) electrons. The Morgan fingerprint density at radius 3 is 2.28 bits per heavy atom. The van der Waals surface area contributed by atoms with Crippen molar-refractivity contribution in [2.75, 3.05) is 26.8 Å². The summed E-state index contributed by atoms with van der Waals surface area (Å²) in [4.78, 5) is 4.71. The van der Waals surface area contributed by atoms with Crippen LogP contribution < -0.4 is 19.6 Å². The minimum atomic E-state index is -1.06. The molecule has 36 heavy (non-hydrogen) atoms. The Bertz CT molecular complexity index is 1240. The van der Waals surface area contributed by atoms with E-state index in [1.807, 2.05) is 58.2 Å². The molecule has 3 N–H and O–H groups in total. The molecule has 1 aromatic heterocycles. The Labute approximate surface area is 209 Å². The second-order valence-electron chi connectivity index (χ2n) is 8.73. The summed E-state index contributed by atoms with van der Waals surface area (Å²) in [5.74, 6) is 2.24. The van der Waals surface area contributed by atoms with E-state index in [-0.39, 0.29) is 0 Å². The van der Waals surface area contributed by atoms with Gasteiger partial charge in [-0.05, 0) is 12.5 Å². The lowest BCUT2D eigenvalue weighted by Gasteiger charge is -2.27. The van der Waals surface area contributed by atoms with Crippen molar-refractivity contribution in [2.24, 2.45) is 4.99 Å². The molecule has 5 rings (SSSR count). The van der Waals surface area contributed by atoms with Crippen molar-refractivity contribution < 1.29 is 29.2 Å². The highest BCUT2D eigenvalue weighted by Crippen LogP contribution is 2.43. The number of ether oxygens (including phenoxy) is 4. The smallest absolute Gasteiger partial charge is 0.203 e. The zero-order valence-corrected chi connectivity index (χ0v) is 20.6. The van der Waals surface area contributed by atoms with Gasteiger partial charge in [0.2, 0.25) is 5.75 Å². The monoisotopic (exact) mass is 494 g/mol. The molecule has 0 saturated carbocycles. The maximum Gasteiger partial charge on any atom is 0.203 e. The third-order valence-corrected chi connectivity index (χ3v) is 6.53. The first-order valence-electron chi connectivity index (χ1n) is 11.6. The molecule has 3 aromatic rings. The number of hydrazine groups is 1. The fraction of sp³-hybridized carbons (Fsp3) is 0.346. The number of fused-ring (bicyclic) bond motifs is 1. The maximum absolute atomic E-state index is 10.6. The molecule has 190 valence electrons. The second-order valence-corrected chi connectivity index (χ2v) is 8.73. The Kier molecular flexibility index (Phi) is 6.48. The number of anilines is 1. The second kappa shape index (κ2) is 9.73. The molecule has 0 unspecified atom stereocenters. The first-order chi connectivity index (χ1) is 17.4. The normalized spacial score (nSPS) is 22.9. The van der Waals surface area contributed by atoms with E-state index >= 15 is 0 Å². The van der Waals surface area contributed by atoms with Gasteiger partial charge in [0.1, 0.15) is 24.4 Å². The van der Waals surface area contributed by atoms with Crippen LogP contribution in [0.1, 0.15) is 18.7 Å². The molecule has 2 aromatic carbocycles. The number of aliphatic imine (C=N–C) groups is 1. The van der Waals surface area contributed by atoms with Crippen molar-refractivity contribution in [3.05, 3.63) is 54.2 Å². The number of nitrogens with zero attached hydrogens (tertiary/aromatic N) is 3. The number of aliphatic hydroxyl groups is 2. The van der Waals surface area contributed by atoms with Gasteiger partial charge < -0.3 is 33.7 Å². The van der Waals surface area contributed by atoms with Crippen molar-refractivity contribution >= 4 is 17.8 Å². The number of methoxy groups -OCH3 is 3. The lowest BCUT2D eigenvalue weighted by molar-refractivity contribution is -0.0308. The molecular formula is C26H30N4O6. The van der Waals surface area contributed by atoms with Crippen LogP contribution in [0, 0.1) is 0 Å². The Morgan fingerprint density at radius 2 is 1.69 bits per heavy atom. The molecule has 0 aliphatic carbocycles. The predicted molar refractivity (Wildman–Crippen MR) is 135 cm³/mol. The van der Waals surface area contributed by atoms with Crippen molar-refractivity contribution in [2.45, 2.75) is 38.0 Å². The van der Waals surface area contributed by atoms with E-state index < -0.39 is 24.5 Å². The molecule has 4 atom stereocenters. The zero-order valence-electron chi connectivity index (χ0n) is 20.6. The fourth-order valence-electron chi connectivity index (χ4n) is 4.69. The molecule has 1 saturated heterocycles. The molecule has 10 heteroatoms. The third-order valence-electron chi connectivity index (χ3n) is 6.53. The van der Waals surface area contributed by atoms with Gasteiger partial charge in [0, 0.05) is 29.5 Å². The lowest BCUT2D eigenvalue weighted by Crippen LogP contribution is -2.31. The highest BCUT2D eigenvalue weighted by Gasteiger charge is 2.42. The SMILES string of the molecule is COc1cc(NN2C=Nc3c(c(-c4ccccc4)cn3[C@@H]3O[C@H](C)[C@@H](O)[C@H]3O)C2)cc(OC)c1OC. The van der Waals surface area contributed by atoms with E-state index in [0.29, 0.717) is 29.6 Å². The molecule has 0 spiro atoms. The minimum absolute atomic E-state index is 0.480. The maximum atomic E-state index is 10.6. The van der Waals surface area contributed by atoms with Gasteiger partial charge in [0.25, 0.3) is 0 Å². The number of hydrogen-bond acceptors (Lipinski definition) is 9. The van der Waals surface area contributed by atoms with Crippen molar-refractivity contribution in [3.63, 3.8) is 0 Å². The topological polar surface area (TPSA) is 110 Å². The molecule has 0 bridgehead atoms. The minimum Gasteiger partial charge on any atom is -0.493 e. The van der Waals surface area contributed by atoms with E-state index in [0.717, 1.165) is 22.4 Å². The molecular weight excluding hydrogens is 464 g/mol.